The van der Waals surface area contributed by atoms with Gasteiger partial charge in [0.1, 0.15) is 5.03 Å². The van der Waals surface area contributed by atoms with E-state index >= 15 is 0 Å². The smallest absolute Gasteiger partial charge is 0.193 e. The fourth-order valence-corrected chi connectivity index (χ4v) is 2.20. The molecule has 2 aromatic rings. The molecule has 0 aromatic carbocycles. The highest BCUT2D eigenvalue weighted by atomic mass is 32.2. The zero-order valence-electron chi connectivity index (χ0n) is 10.5. The fraction of sp³-hybridized carbons (Fsp3) is 0.167. The number of oxime groups is 1. The number of pyridine rings is 1. The van der Waals surface area contributed by atoms with Crippen molar-refractivity contribution in [1.29, 1.82) is 0 Å². The second-order valence-electron chi connectivity index (χ2n) is 3.97. The van der Waals surface area contributed by atoms with Crippen LogP contribution < -0.4 is 5.73 Å². The first kappa shape index (κ1) is 13.3. The maximum atomic E-state index is 8.70. The molecule has 19 heavy (non-hydrogen) atoms. The van der Waals surface area contributed by atoms with E-state index in [1.165, 1.54) is 11.8 Å². The summed E-state index contributed by atoms with van der Waals surface area (Å²) in [6.07, 6.45) is 3.49. The minimum Gasteiger partial charge on any atom is -0.409 e. The van der Waals surface area contributed by atoms with Gasteiger partial charge in [-0.15, -0.1) is 0 Å². The number of nitrogens with two attached hydrogens (primary N) is 1. The summed E-state index contributed by atoms with van der Waals surface area (Å²) in [6.45, 7) is 3.77. The number of aromatic nitrogens is 3. The lowest BCUT2D eigenvalue weighted by atomic mass is 10.2. The van der Waals surface area contributed by atoms with E-state index in [9.17, 15) is 0 Å². The van der Waals surface area contributed by atoms with Crippen LogP contribution in [0.2, 0.25) is 0 Å². The summed E-state index contributed by atoms with van der Waals surface area (Å²) >= 11 is 1.33. The van der Waals surface area contributed by atoms with Crippen molar-refractivity contribution in [2.75, 3.05) is 0 Å². The van der Waals surface area contributed by atoms with E-state index in [0.29, 0.717) is 15.7 Å². The van der Waals surface area contributed by atoms with Gasteiger partial charge in [-0.05, 0) is 43.3 Å². The van der Waals surface area contributed by atoms with Crippen molar-refractivity contribution < 1.29 is 5.21 Å². The molecule has 3 N–H and O–H groups in total. The number of aryl methyl sites for hydroxylation is 2. The Morgan fingerprint density at radius 2 is 1.95 bits per heavy atom. The van der Waals surface area contributed by atoms with E-state index in [4.69, 9.17) is 10.9 Å². The maximum absolute atomic E-state index is 8.70. The van der Waals surface area contributed by atoms with E-state index in [1.54, 1.807) is 24.5 Å². The molecule has 7 heteroatoms. The largest absolute Gasteiger partial charge is 0.409 e. The molecule has 0 spiro atoms. The molecular weight excluding hydrogens is 262 g/mol. The molecule has 98 valence electrons. The lowest BCUT2D eigenvalue weighted by Gasteiger charge is -2.04. The number of hydrogen-bond acceptors (Lipinski definition) is 6. The fourth-order valence-electron chi connectivity index (χ4n) is 1.42. The third kappa shape index (κ3) is 3.41. The molecule has 2 heterocycles. The van der Waals surface area contributed by atoms with E-state index in [-0.39, 0.29) is 5.84 Å². The zero-order chi connectivity index (χ0) is 13.8. The van der Waals surface area contributed by atoms with Gasteiger partial charge in [-0.3, -0.25) is 0 Å². The molecule has 0 atom stereocenters. The van der Waals surface area contributed by atoms with E-state index in [1.807, 2.05) is 13.8 Å². The summed E-state index contributed by atoms with van der Waals surface area (Å²) < 4.78 is 0. The molecule has 2 rings (SSSR count). The highest BCUT2D eigenvalue weighted by Crippen LogP contribution is 2.23. The van der Waals surface area contributed by atoms with Gasteiger partial charge in [0.2, 0.25) is 0 Å². The first-order valence-electron chi connectivity index (χ1n) is 5.51. The van der Waals surface area contributed by atoms with Gasteiger partial charge in [-0.2, -0.15) is 0 Å². The Morgan fingerprint density at radius 1 is 1.26 bits per heavy atom. The molecule has 0 saturated carbocycles. The number of nitrogens with zero attached hydrogens (tertiary/aromatic N) is 4. The first-order valence-corrected chi connectivity index (χ1v) is 6.33. The molecule has 0 aliphatic rings. The average Bonchev–Trinajstić information content (AvgIpc) is 2.40. The van der Waals surface area contributed by atoms with Crippen molar-refractivity contribution in [2.24, 2.45) is 10.9 Å². The minimum absolute atomic E-state index is 0.0529. The lowest BCUT2D eigenvalue weighted by molar-refractivity contribution is 0.318. The molecule has 0 radical (unpaired) electrons. The highest BCUT2D eigenvalue weighted by Gasteiger charge is 2.07. The second kappa shape index (κ2) is 5.66. The van der Waals surface area contributed by atoms with Crippen LogP contribution in [0.4, 0.5) is 0 Å². The van der Waals surface area contributed by atoms with Crippen LogP contribution in [0.3, 0.4) is 0 Å². The first-order chi connectivity index (χ1) is 9.08. The topological polar surface area (TPSA) is 97.3 Å². The van der Waals surface area contributed by atoms with Crippen LogP contribution >= 0.6 is 11.8 Å². The van der Waals surface area contributed by atoms with E-state index in [0.717, 1.165) is 11.3 Å². The van der Waals surface area contributed by atoms with Gasteiger partial charge >= 0.3 is 0 Å². The molecule has 0 bridgehead atoms. The van der Waals surface area contributed by atoms with Gasteiger partial charge < -0.3 is 10.9 Å². The van der Waals surface area contributed by atoms with Crippen molar-refractivity contribution in [2.45, 2.75) is 24.0 Å². The SMILES string of the molecule is Cc1cnc(Sc2cc(/C(N)=N/O)cc(C)n2)nc1. The number of rotatable bonds is 3. The van der Waals surface area contributed by atoms with Gasteiger partial charge in [-0.25, -0.2) is 15.0 Å². The molecule has 0 amide bonds. The normalized spacial score (nSPS) is 11.6. The van der Waals surface area contributed by atoms with Crippen molar-refractivity contribution in [1.82, 2.24) is 15.0 Å². The maximum Gasteiger partial charge on any atom is 0.193 e. The quantitative estimate of drug-likeness (QED) is 0.291. The van der Waals surface area contributed by atoms with Gasteiger partial charge in [-0.1, -0.05) is 5.16 Å². The minimum atomic E-state index is 0.0529. The Morgan fingerprint density at radius 3 is 2.58 bits per heavy atom. The van der Waals surface area contributed by atoms with Crippen LogP contribution in [0.15, 0.2) is 39.9 Å². The molecule has 6 nitrogen and oxygen atoms in total. The molecular formula is C12H13N5OS. The van der Waals surface area contributed by atoms with Crippen LogP contribution in [-0.4, -0.2) is 26.0 Å². The predicted molar refractivity (Wildman–Crippen MR) is 72.4 cm³/mol. The van der Waals surface area contributed by atoms with Gasteiger partial charge in [0.15, 0.2) is 11.0 Å². The standard InChI is InChI=1S/C12H13N5OS/c1-7-5-14-12(15-6-7)19-10-4-9(11(13)17-18)3-8(2)16-10/h3-6,18H,1-2H3,(H2,13,17). The summed E-state index contributed by atoms with van der Waals surface area (Å²) in [5, 5.41) is 13.0. The third-order valence-electron chi connectivity index (χ3n) is 2.29. The van der Waals surface area contributed by atoms with Crippen LogP contribution in [-0.2, 0) is 0 Å². The molecule has 0 aliphatic carbocycles. The molecule has 0 saturated heterocycles. The summed E-state index contributed by atoms with van der Waals surface area (Å²) in [6, 6.07) is 3.48. The summed E-state index contributed by atoms with van der Waals surface area (Å²) in [7, 11) is 0. The van der Waals surface area contributed by atoms with Crippen LogP contribution in [0.1, 0.15) is 16.8 Å². The molecule has 2 aromatic heterocycles. The summed E-state index contributed by atoms with van der Waals surface area (Å²) in [4.78, 5) is 12.8. The van der Waals surface area contributed by atoms with Gasteiger partial charge in [0.25, 0.3) is 0 Å². The van der Waals surface area contributed by atoms with Gasteiger partial charge in [0.05, 0.1) is 0 Å². The lowest BCUT2D eigenvalue weighted by Crippen LogP contribution is -2.13. The van der Waals surface area contributed by atoms with Crippen molar-refractivity contribution in [3.63, 3.8) is 0 Å². The van der Waals surface area contributed by atoms with Crippen LogP contribution in [0.25, 0.3) is 0 Å². The summed E-state index contributed by atoms with van der Waals surface area (Å²) in [5.74, 6) is 0.0529. The molecule has 0 unspecified atom stereocenters. The van der Waals surface area contributed by atoms with Crippen molar-refractivity contribution in [3.8, 4) is 0 Å². The zero-order valence-corrected chi connectivity index (χ0v) is 11.3. The van der Waals surface area contributed by atoms with E-state index < -0.39 is 0 Å². The Hall–Kier alpha value is -2.15. The summed E-state index contributed by atoms with van der Waals surface area (Å²) in [5.41, 5.74) is 7.97. The Labute approximate surface area is 114 Å². The highest BCUT2D eigenvalue weighted by molar-refractivity contribution is 7.99. The Balaban J connectivity index is 2.30. The molecule has 0 aliphatic heterocycles. The van der Waals surface area contributed by atoms with Crippen LogP contribution in [0.5, 0.6) is 0 Å². The van der Waals surface area contributed by atoms with E-state index in [2.05, 4.69) is 20.1 Å². The average molecular weight is 275 g/mol. The van der Waals surface area contributed by atoms with Gasteiger partial charge in [0, 0.05) is 23.7 Å². The monoisotopic (exact) mass is 275 g/mol. The van der Waals surface area contributed by atoms with Crippen molar-refractivity contribution >= 4 is 17.6 Å². The number of amidine groups is 1. The predicted octanol–water partition coefficient (Wildman–Crippen LogP) is 1.73. The third-order valence-corrected chi connectivity index (χ3v) is 3.10. The Bertz CT molecular complexity index is 612. The second-order valence-corrected chi connectivity index (χ2v) is 4.95. The number of hydrogen-bond donors (Lipinski definition) is 2. The van der Waals surface area contributed by atoms with Crippen molar-refractivity contribution in [3.05, 3.63) is 41.3 Å². The van der Waals surface area contributed by atoms with Crippen LogP contribution in [0, 0.1) is 13.8 Å². The molecule has 0 fully saturated rings. The Kier molecular flexibility index (Phi) is 3.96.